The van der Waals surface area contributed by atoms with E-state index in [0.29, 0.717) is 11.4 Å². The number of amides is 1. The summed E-state index contributed by atoms with van der Waals surface area (Å²) >= 11 is 6.16. The number of hydrogen-bond donors (Lipinski definition) is 1. The third-order valence-corrected chi connectivity index (χ3v) is 6.12. The zero-order chi connectivity index (χ0) is 14.4. The Labute approximate surface area is 131 Å². The van der Waals surface area contributed by atoms with Crippen molar-refractivity contribution in [3.8, 4) is 0 Å². The van der Waals surface area contributed by atoms with Crippen LogP contribution in [0, 0.1) is 17.8 Å². The van der Waals surface area contributed by atoms with E-state index in [1.165, 1.54) is 38.5 Å². The summed E-state index contributed by atoms with van der Waals surface area (Å²) in [5, 5.41) is 4.10. The molecule has 0 heterocycles. The van der Waals surface area contributed by atoms with Gasteiger partial charge in [0.15, 0.2) is 0 Å². The van der Waals surface area contributed by atoms with Crippen molar-refractivity contribution in [2.24, 2.45) is 17.8 Å². The van der Waals surface area contributed by atoms with Crippen LogP contribution in [0.1, 0.15) is 44.1 Å². The van der Waals surface area contributed by atoms with Crippen molar-refractivity contribution in [2.45, 2.75) is 50.5 Å². The fourth-order valence-corrected chi connectivity index (χ4v) is 5.62. The Morgan fingerprint density at radius 2 is 1.67 bits per heavy atom. The third-order valence-electron chi connectivity index (χ3n) is 5.75. The zero-order valence-electron chi connectivity index (χ0n) is 12.3. The van der Waals surface area contributed by atoms with E-state index in [-0.39, 0.29) is 11.4 Å². The average Bonchev–Trinajstić information content (AvgIpc) is 2.39. The Morgan fingerprint density at radius 3 is 2.24 bits per heavy atom. The van der Waals surface area contributed by atoms with Gasteiger partial charge in [0.05, 0.1) is 6.42 Å². The molecule has 21 heavy (non-hydrogen) atoms. The standard InChI is InChI=1S/C18H22ClNO/c19-16-4-2-1-3-15(16)8-17(21)20-18-9-12-5-13(10-18)7-14(6-12)11-18/h1-4,12-14H,5-11H2,(H,20,21). The van der Waals surface area contributed by atoms with Crippen LogP contribution in [-0.2, 0) is 11.2 Å². The molecule has 1 amide bonds. The molecule has 0 saturated heterocycles. The predicted octanol–water partition coefficient (Wildman–Crippen LogP) is 3.97. The van der Waals surface area contributed by atoms with Crippen LogP contribution >= 0.6 is 11.6 Å². The molecule has 112 valence electrons. The lowest BCUT2D eigenvalue weighted by Gasteiger charge is -2.56. The molecular formula is C18H22ClNO. The Morgan fingerprint density at radius 1 is 1.10 bits per heavy atom. The summed E-state index contributed by atoms with van der Waals surface area (Å²) < 4.78 is 0. The molecule has 4 aliphatic rings. The van der Waals surface area contributed by atoms with Gasteiger partial charge in [0, 0.05) is 10.6 Å². The minimum Gasteiger partial charge on any atom is -0.350 e. The minimum atomic E-state index is 0.104. The highest BCUT2D eigenvalue weighted by atomic mass is 35.5. The zero-order valence-corrected chi connectivity index (χ0v) is 13.0. The maximum absolute atomic E-state index is 12.5. The van der Waals surface area contributed by atoms with E-state index in [1.54, 1.807) is 0 Å². The fourth-order valence-electron chi connectivity index (χ4n) is 5.42. The molecule has 1 aromatic rings. The normalized spacial score (nSPS) is 36.7. The maximum atomic E-state index is 12.5. The molecule has 1 aromatic carbocycles. The molecule has 3 heteroatoms. The van der Waals surface area contributed by atoms with Crippen LogP contribution in [0.15, 0.2) is 24.3 Å². The van der Waals surface area contributed by atoms with Gasteiger partial charge < -0.3 is 5.32 Å². The van der Waals surface area contributed by atoms with Crippen molar-refractivity contribution in [1.82, 2.24) is 5.32 Å². The highest BCUT2D eigenvalue weighted by molar-refractivity contribution is 6.31. The second-order valence-electron chi connectivity index (χ2n) is 7.51. The van der Waals surface area contributed by atoms with E-state index in [0.717, 1.165) is 23.3 Å². The van der Waals surface area contributed by atoms with E-state index >= 15 is 0 Å². The molecule has 4 saturated carbocycles. The highest BCUT2D eigenvalue weighted by Crippen LogP contribution is 2.55. The van der Waals surface area contributed by atoms with Crippen molar-refractivity contribution >= 4 is 17.5 Å². The molecule has 0 atom stereocenters. The molecule has 0 radical (unpaired) electrons. The summed E-state index contributed by atoms with van der Waals surface area (Å²) in [5.74, 6) is 2.72. The van der Waals surface area contributed by atoms with Gasteiger partial charge in [-0.05, 0) is 67.9 Å². The first kappa shape index (κ1) is 13.6. The predicted molar refractivity (Wildman–Crippen MR) is 84.2 cm³/mol. The van der Waals surface area contributed by atoms with Crippen LogP contribution < -0.4 is 5.32 Å². The van der Waals surface area contributed by atoms with Gasteiger partial charge in [0.1, 0.15) is 0 Å². The van der Waals surface area contributed by atoms with Crippen LogP contribution in [0.2, 0.25) is 5.02 Å². The van der Waals surface area contributed by atoms with Crippen LogP contribution in [0.25, 0.3) is 0 Å². The van der Waals surface area contributed by atoms with Crippen molar-refractivity contribution in [3.05, 3.63) is 34.9 Å². The number of hydrogen-bond acceptors (Lipinski definition) is 1. The number of rotatable bonds is 3. The van der Waals surface area contributed by atoms with Gasteiger partial charge in [0.25, 0.3) is 0 Å². The Kier molecular flexibility index (Phi) is 3.25. The average molecular weight is 304 g/mol. The first-order chi connectivity index (χ1) is 10.1. The van der Waals surface area contributed by atoms with Crippen molar-refractivity contribution in [1.29, 1.82) is 0 Å². The molecule has 2 nitrogen and oxygen atoms in total. The topological polar surface area (TPSA) is 29.1 Å². The number of halogens is 1. The second-order valence-corrected chi connectivity index (χ2v) is 7.92. The molecule has 5 rings (SSSR count). The molecule has 1 N–H and O–H groups in total. The van der Waals surface area contributed by atoms with E-state index in [2.05, 4.69) is 5.32 Å². The first-order valence-corrected chi connectivity index (χ1v) is 8.54. The third kappa shape index (κ3) is 2.59. The van der Waals surface area contributed by atoms with Crippen LogP contribution in [0.4, 0.5) is 0 Å². The Bertz CT molecular complexity index is 533. The van der Waals surface area contributed by atoms with Crippen molar-refractivity contribution < 1.29 is 4.79 Å². The number of carbonyl (C=O) groups is 1. The second kappa shape index (κ2) is 5.01. The molecule has 0 aliphatic heterocycles. The highest BCUT2D eigenvalue weighted by Gasteiger charge is 2.51. The van der Waals surface area contributed by atoms with E-state index in [9.17, 15) is 4.79 Å². The van der Waals surface area contributed by atoms with Crippen LogP contribution in [0.3, 0.4) is 0 Å². The molecule has 0 spiro atoms. The fraction of sp³-hybridized carbons (Fsp3) is 0.611. The Hall–Kier alpha value is -1.02. The summed E-state index contributed by atoms with van der Waals surface area (Å²) in [5.41, 5.74) is 1.04. The van der Waals surface area contributed by atoms with Gasteiger partial charge in [-0.15, -0.1) is 0 Å². The van der Waals surface area contributed by atoms with Gasteiger partial charge in [-0.2, -0.15) is 0 Å². The van der Waals surface area contributed by atoms with Crippen molar-refractivity contribution in [3.63, 3.8) is 0 Å². The molecular weight excluding hydrogens is 282 g/mol. The summed E-state index contributed by atoms with van der Waals surface area (Å²) in [7, 11) is 0. The molecule has 0 unspecified atom stereocenters. The maximum Gasteiger partial charge on any atom is 0.224 e. The largest absolute Gasteiger partial charge is 0.350 e. The first-order valence-electron chi connectivity index (χ1n) is 8.16. The summed E-state index contributed by atoms with van der Waals surface area (Å²) in [6.07, 6.45) is 8.22. The van der Waals surface area contributed by atoms with Gasteiger partial charge >= 0.3 is 0 Å². The van der Waals surface area contributed by atoms with E-state index < -0.39 is 0 Å². The van der Waals surface area contributed by atoms with Gasteiger partial charge in [0.2, 0.25) is 5.91 Å². The monoisotopic (exact) mass is 303 g/mol. The van der Waals surface area contributed by atoms with Gasteiger partial charge in [-0.25, -0.2) is 0 Å². The number of benzene rings is 1. The minimum absolute atomic E-state index is 0.104. The lowest BCUT2D eigenvalue weighted by atomic mass is 9.53. The summed E-state index contributed by atoms with van der Waals surface area (Å²) in [6.45, 7) is 0. The van der Waals surface area contributed by atoms with Gasteiger partial charge in [-0.3, -0.25) is 4.79 Å². The lowest BCUT2D eigenvalue weighted by Crippen LogP contribution is -2.60. The Balaban J connectivity index is 1.46. The quantitative estimate of drug-likeness (QED) is 0.899. The number of carbonyl (C=O) groups excluding carboxylic acids is 1. The lowest BCUT2D eigenvalue weighted by molar-refractivity contribution is -0.126. The van der Waals surface area contributed by atoms with Gasteiger partial charge in [-0.1, -0.05) is 29.8 Å². The molecule has 4 fully saturated rings. The van der Waals surface area contributed by atoms with Crippen LogP contribution in [0.5, 0.6) is 0 Å². The SMILES string of the molecule is O=C(Cc1ccccc1Cl)NC12CC3CC(CC(C3)C1)C2. The molecule has 4 aliphatic carbocycles. The molecule has 0 aromatic heterocycles. The number of nitrogens with one attached hydrogen (secondary N) is 1. The summed E-state index contributed by atoms with van der Waals surface area (Å²) in [6, 6.07) is 7.65. The molecule has 4 bridgehead atoms. The van der Waals surface area contributed by atoms with E-state index in [1.807, 2.05) is 24.3 Å². The van der Waals surface area contributed by atoms with Crippen molar-refractivity contribution in [2.75, 3.05) is 0 Å². The van der Waals surface area contributed by atoms with Crippen LogP contribution in [-0.4, -0.2) is 11.4 Å². The smallest absolute Gasteiger partial charge is 0.224 e. The summed E-state index contributed by atoms with van der Waals surface area (Å²) in [4.78, 5) is 12.5. The van der Waals surface area contributed by atoms with E-state index in [4.69, 9.17) is 11.6 Å².